The topological polar surface area (TPSA) is 66.5 Å². The van der Waals surface area contributed by atoms with Gasteiger partial charge in [0, 0.05) is 25.0 Å². The van der Waals surface area contributed by atoms with Crippen molar-refractivity contribution in [2.24, 2.45) is 0 Å². The van der Waals surface area contributed by atoms with Crippen LogP contribution in [-0.2, 0) is 22.7 Å². The van der Waals surface area contributed by atoms with Gasteiger partial charge in [-0.2, -0.15) is 0 Å². The molecule has 1 aromatic carbocycles. The molecule has 0 bridgehead atoms. The largest absolute Gasteiger partial charge is 0.323 e. The van der Waals surface area contributed by atoms with Crippen LogP contribution in [0.15, 0.2) is 18.2 Å². The Hall–Kier alpha value is -1.56. The van der Waals surface area contributed by atoms with E-state index in [-0.39, 0.29) is 12.6 Å². The normalized spacial score (nSPS) is 18.5. The van der Waals surface area contributed by atoms with Crippen LogP contribution in [0.3, 0.4) is 0 Å². The Balaban J connectivity index is 2.11. The molecule has 0 aromatic heterocycles. The lowest BCUT2D eigenvalue weighted by Gasteiger charge is -2.19. The molecule has 1 N–H and O–H groups in total. The van der Waals surface area contributed by atoms with Gasteiger partial charge in [-0.1, -0.05) is 26.0 Å². The van der Waals surface area contributed by atoms with E-state index >= 15 is 0 Å². The van der Waals surface area contributed by atoms with Crippen molar-refractivity contribution in [3.63, 3.8) is 0 Å². The molecule has 1 aliphatic heterocycles. The van der Waals surface area contributed by atoms with E-state index in [1.165, 1.54) is 11.8 Å². The molecule has 0 aliphatic carbocycles. The average Bonchev–Trinajstić information content (AvgIpc) is 2.96. The first-order valence-corrected chi connectivity index (χ1v) is 9.67. The van der Waals surface area contributed by atoms with Gasteiger partial charge in [0.25, 0.3) is 0 Å². The van der Waals surface area contributed by atoms with Crippen molar-refractivity contribution in [2.45, 2.75) is 38.4 Å². The Bertz CT molecular complexity index is 655. The van der Waals surface area contributed by atoms with Crippen LogP contribution < -0.4 is 5.32 Å². The first-order valence-electron chi connectivity index (χ1n) is 7.72. The molecule has 2 rings (SSSR count). The van der Waals surface area contributed by atoms with Crippen LogP contribution in [0, 0.1) is 0 Å². The fraction of sp³-hybridized carbons (Fsp3) is 0.562. The van der Waals surface area contributed by atoms with Crippen molar-refractivity contribution in [1.82, 2.24) is 4.90 Å². The van der Waals surface area contributed by atoms with Crippen LogP contribution in [0.1, 0.15) is 31.4 Å². The first kappa shape index (κ1) is 16.8. The summed E-state index contributed by atoms with van der Waals surface area (Å²) in [7, 11) is -3.09. The fourth-order valence-corrected chi connectivity index (χ4v) is 3.94. The first-order chi connectivity index (χ1) is 10.4. The Morgan fingerprint density at radius 3 is 2.59 bits per heavy atom. The SMILES string of the molecule is CCc1cccc(NC(=O)N2CCC(S(C)(=O)=O)C2)c1CC. The number of hydrogen-bond donors (Lipinski definition) is 1. The van der Waals surface area contributed by atoms with E-state index < -0.39 is 15.1 Å². The van der Waals surface area contributed by atoms with E-state index in [0.29, 0.717) is 13.0 Å². The molecule has 0 radical (unpaired) electrons. The number of hydrogen-bond acceptors (Lipinski definition) is 3. The molecule has 0 saturated carbocycles. The molecular formula is C16H24N2O3S. The lowest BCUT2D eigenvalue weighted by atomic mass is 10.0. The summed E-state index contributed by atoms with van der Waals surface area (Å²) in [4.78, 5) is 14.0. The van der Waals surface area contributed by atoms with Gasteiger partial charge in [0.2, 0.25) is 0 Å². The number of aryl methyl sites for hydroxylation is 1. The van der Waals surface area contributed by atoms with Gasteiger partial charge in [-0.15, -0.1) is 0 Å². The number of likely N-dealkylation sites (tertiary alicyclic amines) is 1. The molecule has 1 heterocycles. The van der Waals surface area contributed by atoms with Crippen molar-refractivity contribution in [3.8, 4) is 0 Å². The van der Waals surface area contributed by atoms with E-state index in [9.17, 15) is 13.2 Å². The van der Waals surface area contributed by atoms with Crippen LogP contribution in [0.4, 0.5) is 10.5 Å². The van der Waals surface area contributed by atoms with Crippen LogP contribution >= 0.6 is 0 Å². The lowest BCUT2D eigenvalue weighted by Crippen LogP contribution is -2.35. The molecule has 1 aromatic rings. The van der Waals surface area contributed by atoms with Crippen molar-refractivity contribution < 1.29 is 13.2 Å². The van der Waals surface area contributed by atoms with Gasteiger partial charge < -0.3 is 10.2 Å². The van der Waals surface area contributed by atoms with Crippen molar-refractivity contribution in [1.29, 1.82) is 0 Å². The molecule has 22 heavy (non-hydrogen) atoms. The van der Waals surface area contributed by atoms with Crippen molar-refractivity contribution >= 4 is 21.6 Å². The standard InChI is InChI=1S/C16H24N2O3S/c1-4-12-7-6-8-15(14(12)5-2)17-16(19)18-10-9-13(11-18)22(3,20)21/h6-8,13H,4-5,9-11H2,1-3H3,(H,17,19). The van der Waals surface area contributed by atoms with Gasteiger partial charge in [-0.25, -0.2) is 13.2 Å². The number of carbonyl (C=O) groups excluding carboxylic acids is 1. The van der Waals surface area contributed by atoms with Gasteiger partial charge >= 0.3 is 6.03 Å². The zero-order valence-corrected chi connectivity index (χ0v) is 14.2. The molecule has 0 spiro atoms. The van der Waals surface area contributed by atoms with Crippen LogP contribution in [0.25, 0.3) is 0 Å². The smallest absolute Gasteiger partial charge is 0.321 e. The summed E-state index contributed by atoms with van der Waals surface area (Å²) in [5.41, 5.74) is 3.21. The Labute approximate surface area is 132 Å². The molecule has 1 fully saturated rings. The number of nitrogens with zero attached hydrogens (tertiary/aromatic N) is 1. The summed E-state index contributed by atoms with van der Waals surface area (Å²) in [6.07, 6.45) is 3.53. The number of benzene rings is 1. The van der Waals surface area contributed by atoms with Crippen LogP contribution in [-0.4, -0.2) is 43.9 Å². The second-order valence-corrected chi connectivity index (χ2v) is 8.09. The maximum Gasteiger partial charge on any atom is 0.321 e. The van der Waals surface area contributed by atoms with E-state index in [2.05, 4.69) is 25.2 Å². The number of carbonyl (C=O) groups is 1. The van der Waals surface area contributed by atoms with Crippen molar-refractivity contribution in [3.05, 3.63) is 29.3 Å². The average molecular weight is 324 g/mol. The van der Waals surface area contributed by atoms with Gasteiger partial charge in [-0.3, -0.25) is 0 Å². The maximum atomic E-state index is 12.4. The summed E-state index contributed by atoms with van der Waals surface area (Å²) >= 11 is 0. The number of urea groups is 1. The third-order valence-electron chi connectivity index (χ3n) is 4.29. The molecule has 1 saturated heterocycles. The number of nitrogens with one attached hydrogen (secondary N) is 1. The second-order valence-electron chi connectivity index (χ2n) is 5.77. The fourth-order valence-electron chi connectivity index (χ4n) is 2.96. The van der Waals surface area contributed by atoms with E-state index in [1.807, 2.05) is 12.1 Å². The van der Waals surface area contributed by atoms with Crippen LogP contribution in [0.5, 0.6) is 0 Å². The number of amides is 2. The van der Waals surface area contributed by atoms with Gasteiger partial charge in [0.1, 0.15) is 0 Å². The predicted molar refractivity (Wildman–Crippen MR) is 89.0 cm³/mol. The zero-order valence-electron chi connectivity index (χ0n) is 13.4. The Morgan fingerprint density at radius 2 is 2.05 bits per heavy atom. The van der Waals surface area contributed by atoms with Crippen LogP contribution in [0.2, 0.25) is 0 Å². The molecule has 5 nitrogen and oxygen atoms in total. The monoisotopic (exact) mass is 324 g/mol. The Kier molecular flexibility index (Phi) is 5.11. The highest BCUT2D eigenvalue weighted by atomic mass is 32.2. The number of rotatable bonds is 4. The molecule has 122 valence electrons. The Morgan fingerprint density at radius 1 is 1.32 bits per heavy atom. The number of sulfone groups is 1. The van der Waals surface area contributed by atoms with E-state index in [4.69, 9.17) is 0 Å². The summed E-state index contributed by atoms with van der Waals surface area (Å²) < 4.78 is 23.2. The minimum Gasteiger partial charge on any atom is -0.323 e. The highest BCUT2D eigenvalue weighted by Crippen LogP contribution is 2.23. The molecule has 1 unspecified atom stereocenters. The van der Waals surface area contributed by atoms with E-state index in [1.54, 1.807) is 4.90 Å². The van der Waals surface area contributed by atoms with Gasteiger partial charge in [0.15, 0.2) is 9.84 Å². The molecule has 1 aliphatic rings. The maximum absolute atomic E-state index is 12.4. The number of anilines is 1. The minimum atomic E-state index is -3.09. The summed E-state index contributed by atoms with van der Waals surface area (Å²) in [5.74, 6) is 0. The highest BCUT2D eigenvalue weighted by molar-refractivity contribution is 7.91. The third kappa shape index (κ3) is 3.61. The minimum absolute atomic E-state index is 0.214. The molecule has 2 amide bonds. The summed E-state index contributed by atoms with van der Waals surface area (Å²) in [6.45, 7) is 4.93. The van der Waals surface area contributed by atoms with Gasteiger partial charge in [0.05, 0.1) is 5.25 Å². The van der Waals surface area contributed by atoms with Crippen molar-refractivity contribution in [2.75, 3.05) is 24.7 Å². The third-order valence-corrected chi connectivity index (χ3v) is 5.88. The molecule has 6 heteroatoms. The van der Waals surface area contributed by atoms with E-state index in [0.717, 1.165) is 24.1 Å². The predicted octanol–water partition coefficient (Wildman–Crippen LogP) is 2.46. The molecule has 1 atom stereocenters. The lowest BCUT2D eigenvalue weighted by molar-refractivity contribution is 0.222. The highest BCUT2D eigenvalue weighted by Gasteiger charge is 2.32. The summed E-state index contributed by atoms with van der Waals surface area (Å²) in [5, 5.41) is 2.50. The zero-order chi connectivity index (χ0) is 16.3. The van der Waals surface area contributed by atoms with Gasteiger partial charge in [-0.05, 0) is 36.5 Å². The quantitative estimate of drug-likeness (QED) is 0.925. The molecular weight excluding hydrogens is 300 g/mol. The summed E-state index contributed by atoms with van der Waals surface area (Å²) in [6, 6.07) is 5.70. The second kappa shape index (κ2) is 6.69.